The van der Waals surface area contributed by atoms with Gasteiger partial charge in [-0.1, -0.05) is 12.2 Å². The molecule has 0 saturated carbocycles. The molecule has 0 fully saturated rings. The summed E-state index contributed by atoms with van der Waals surface area (Å²) in [5.41, 5.74) is 0. The Morgan fingerprint density at radius 1 is 1.80 bits per heavy atom. The molecule has 28 valence electrons. The molecule has 1 aliphatic rings. The summed E-state index contributed by atoms with van der Waals surface area (Å²) in [6.45, 7) is 0. The van der Waals surface area contributed by atoms with Crippen molar-refractivity contribution in [2.24, 2.45) is 0 Å². The molecule has 1 heteroatoms. The van der Waals surface area contributed by atoms with Crippen LogP contribution < -0.4 is 0 Å². The van der Waals surface area contributed by atoms with Crippen LogP contribution >= 0.6 is 0 Å². The van der Waals surface area contributed by atoms with Crippen molar-refractivity contribution in [3.05, 3.63) is 12.2 Å². The van der Waals surface area contributed by atoms with Crippen LogP contribution in [0.15, 0.2) is 12.2 Å². The first-order valence-corrected chi connectivity index (χ1v) is 1.74. The van der Waals surface area contributed by atoms with Crippen molar-refractivity contribution in [1.82, 2.24) is 0 Å². The Balaban J connectivity index is 2.39. The molecule has 1 atom stereocenters. The van der Waals surface area contributed by atoms with Gasteiger partial charge in [-0.25, -0.2) is 0 Å². The largest absolute Gasteiger partial charge is 0.389 e. The molecule has 0 unspecified atom stereocenters. The van der Waals surface area contributed by atoms with Crippen LogP contribution in [0.2, 0.25) is 0 Å². The van der Waals surface area contributed by atoms with E-state index in [0.717, 1.165) is 6.42 Å². The predicted octanol–water partition coefficient (Wildman–Crippen LogP) is 0.307. The summed E-state index contributed by atoms with van der Waals surface area (Å²) in [6.07, 6.45) is 4.47. The maximum Gasteiger partial charge on any atom is 0.0755 e. The highest BCUT2D eigenvalue weighted by Gasteiger charge is 2.00. The highest BCUT2D eigenvalue weighted by molar-refractivity contribution is 5.02. The number of hydrogen-bond donors (Lipinski definition) is 1. The standard InChI is InChI=1S/C4H6O/c5-4-2-1-3-4/h1-2,4-5H,3H2/t4-/m1/s1. The van der Waals surface area contributed by atoms with Gasteiger partial charge in [-0.15, -0.1) is 0 Å². The average Bonchev–Trinajstić information content (AvgIpc) is 1.30. The summed E-state index contributed by atoms with van der Waals surface area (Å²) in [7, 11) is 0. The number of aliphatic hydroxyl groups is 1. The summed E-state index contributed by atoms with van der Waals surface area (Å²) < 4.78 is 0. The van der Waals surface area contributed by atoms with E-state index in [9.17, 15) is 0 Å². The molecule has 0 heterocycles. The zero-order chi connectivity index (χ0) is 3.70. The van der Waals surface area contributed by atoms with Gasteiger partial charge in [0.1, 0.15) is 0 Å². The van der Waals surface area contributed by atoms with Crippen LogP contribution in [0.3, 0.4) is 0 Å². The number of aliphatic hydroxyl groups excluding tert-OH is 1. The van der Waals surface area contributed by atoms with Crippen molar-refractivity contribution in [2.75, 3.05) is 0 Å². The quantitative estimate of drug-likeness (QED) is 0.406. The molecule has 5 heavy (non-hydrogen) atoms. The van der Waals surface area contributed by atoms with E-state index in [1.807, 2.05) is 6.08 Å². The lowest BCUT2D eigenvalue weighted by atomic mass is 10.1. The van der Waals surface area contributed by atoms with E-state index >= 15 is 0 Å². The Labute approximate surface area is 30.9 Å². The highest BCUT2D eigenvalue weighted by atomic mass is 16.3. The van der Waals surface area contributed by atoms with Crippen LogP contribution in [0.4, 0.5) is 0 Å². The first-order chi connectivity index (χ1) is 2.39. The maximum atomic E-state index is 8.36. The van der Waals surface area contributed by atoms with E-state index in [2.05, 4.69) is 0 Å². The zero-order valence-electron chi connectivity index (χ0n) is 2.89. The second kappa shape index (κ2) is 0.830. The second-order valence-corrected chi connectivity index (χ2v) is 1.23. The summed E-state index contributed by atoms with van der Waals surface area (Å²) in [5, 5.41) is 8.36. The lowest BCUT2D eigenvalue weighted by Crippen LogP contribution is -2.06. The first kappa shape index (κ1) is 2.91. The van der Waals surface area contributed by atoms with E-state index in [-0.39, 0.29) is 6.10 Å². The topological polar surface area (TPSA) is 20.2 Å². The Kier molecular flexibility index (Phi) is 0.484. The van der Waals surface area contributed by atoms with Crippen molar-refractivity contribution < 1.29 is 5.11 Å². The lowest BCUT2D eigenvalue weighted by Gasteiger charge is -2.06. The molecule has 0 radical (unpaired) electrons. The first-order valence-electron chi connectivity index (χ1n) is 1.74. The molecule has 1 N–H and O–H groups in total. The van der Waals surface area contributed by atoms with Gasteiger partial charge in [-0.05, 0) is 6.42 Å². The SMILES string of the molecule is O[C@@H]1C=CC1. The molecule has 0 saturated heterocycles. The molecule has 1 rings (SSSR count). The molecule has 0 amide bonds. The van der Waals surface area contributed by atoms with E-state index in [1.165, 1.54) is 0 Å². The third-order valence-corrected chi connectivity index (χ3v) is 0.736. The van der Waals surface area contributed by atoms with Crippen LogP contribution in [-0.4, -0.2) is 11.2 Å². The van der Waals surface area contributed by atoms with Gasteiger partial charge in [0.25, 0.3) is 0 Å². The minimum atomic E-state index is -0.116. The van der Waals surface area contributed by atoms with Crippen LogP contribution in [-0.2, 0) is 0 Å². The van der Waals surface area contributed by atoms with Gasteiger partial charge in [-0.3, -0.25) is 0 Å². The van der Waals surface area contributed by atoms with E-state index < -0.39 is 0 Å². The molecule has 1 aliphatic carbocycles. The molecule has 0 aromatic heterocycles. The Morgan fingerprint density at radius 2 is 2.20 bits per heavy atom. The fourth-order valence-corrected chi connectivity index (χ4v) is 0.258. The molecular weight excluding hydrogens is 64.0 g/mol. The van der Waals surface area contributed by atoms with Crippen molar-refractivity contribution in [2.45, 2.75) is 12.5 Å². The molecule has 0 aromatic rings. The number of rotatable bonds is 0. The summed E-state index contributed by atoms with van der Waals surface area (Å²) >= 11 is 0. The van der Waals surface area contributed by atoms with Crippen LogP contribution in [0.1, 0.15) is 6.42 Å². The summed E-state index contributed by atoms with van der Waals surface area (Å²) in [6, 6.07) is 0. The molecule has 0 bridgehead atoms. The molecular formula is C4H6O. The minimum Gasteiger partial charge on any atom is -0.389 e. The Morgan fingerprint density at radius 3 is 2.20 bits per heavy atom. The molecule has 0 spiro atoms. The third-order valence-electron chi connectivity index (χ3n) is 0.736. The Hall–Kier alpha value is -0.300. The third kappa shape index (κ3) is 0.329. The van der Waals surface area contributed by atoms with Gasteiger partial charge in [0, 0.05) is 0 Å². The maximum absolute atomic E-state index is 8.36. The van der Waals surface area contributed by atoms with Gasteiger partial charge >= 0.3 is 0 Å². The number of hydrogen-bond acceptors (Lipinski definition) is 1. The van der Waals surface area contributed by atoms with Gasteiger partial charge in [-0.2, -0.15) is 0 Å². The smallest absolute Gasteiger partial charge is 0.0755 e. The van der Waals surface area contributed by atoms with Crippen molar-refractivity contribution in [1.29, 1.82) is 0 Å². The van der Waals surface area contributed by atoms with Crippen molar-refractivity contribution in [3.8, 4) is 0 Å². The molecule has 1 nitrogen and oxygen atoms in total. The van der Waals surface area contributed by atoms with Gasteiger partial charge in [0.05, 0.1) is 6.10 Å². The molecule has 0 aliphatic heterocycles. The highest BCUT2D eigenvalue weighted by Crippen LogP contribution is 2.04. The van der Waals surface area contributed by atoms with Gasteiger partial charge in [0.2, 0.25) is 0 Å². The minimum absolute atomic E-state index is 0.116. The normalized spacial score (nSPS) is 33.4. The average molecular weight is 70.1 g/mol. The van der Waals surface area contributed by atoms with Gasteiger partial charge in [0.15, 0.2) is 0 Å². The fourth-order valence-electron chi connectivity index (χ4n) is 0.258. The summed E-state index contributed by atoms with van der Waals surface area (Å²) in [5.74, 6) is 0. The summed E-state index contributed by atoms with van der Waals surface area (Å²) in [4.78, 5) is 0. The van der Waals surface area contributed by atoms with Crippen LogP contribution in [0.25, 0.3) is 0 Å². The van der Waals surface area contributed by atoms with Crippen LogP contribution in [0.5, 0.6) is 0 Å². The van der Waals surface area contributed by atoms with Crippen molar-refractivity contribution in [3.63, 3.8) is 0 Å². The van der Waals surface area contributed by atoms with E-state index in [0.29, 0.717) is 0 Å². The van der Waals surface area contributed by atoms with Gasteiger partial charge < -0.3 is 5.11 Å². The lowest BCUT2D eigenvalue weighted by molar-refractivity contribution is 0.210. The van der Waals surface area contributed by atoms with E-state index in [4.69, 9.17) is 5.11 Å². The zero-order valence-corrected chi connectivity index (χ0v) is 2.89. The monoisotopic (exact) mass is 70.0 g/mol. The second-order valence-electron chi connectivity index (χ2n) is 1.23. The molecule has 0 aromatic carbocycles. The van der Waals surface area contributed by atoms with Crippen LogP contribution in [0, 0.1) is 0 Å². The Bertz CT molecular complexity index is 56.7. The van der Waals surface area contributed by atoms with Crippen molar-refractivity contribution >= 4 is 0 Å². The predicted molar refractivity (Wildman–Crippen MR) is 19.8 cm³/mol. The fraction of sp³-hybridized carbons (Fsp3) is 0.500. The van der Waals surface area contributed by atoms with E-state index in [1.54, 1.807) is 6.08 Å².